The molecule has 0 aliphatic heterocycles. The lowest BCUT2D eigenvalue weighted by Gasteiger charge is -2.08. The summed E-state index contributed by atoms with van der Waals surface area (Å²) in [6.45, 7) is 0. The fourth-order valence-corrected chi connectivity index (χ4v) is 1.64. The van der Waals surface area contributed by atoms with Crippen molar-refractivity contribution in [2.45, 2.75) is 11.6 Å². The highest BCUT2D eigenvalue weighted by Crippen LogP contribution is 1.66. The van der Waals surface area contributed by atoms with Crippen molar-refractivity contribution in [3.05, 3.63) is 0 Å². The molecule has 0 saturated carbocycles. The zero-order valence-corrected chi connectivity index (χ0v) is 14.4. The summed E-state index contributed by atoms with van der Waals surface area (Å²) >= 11 is 2.90. The summed E-state index contributed by atoms with van der Waals surface area (Å²) < 4.78 is 2.50. The number of rotatable bonds is 2. The van der Waals surface area contributed by atoms with Crippen molar-refractivity contribution in [1.82, 2.24) is 1.85 Å². The largest absolute Gasteiger partial charge is 0.579 e. The van der Waals surface area contributed by atoms with E-state index in [9.17, 15) is 0 Å². The molecule has 0 heterocycles. The van der Waals surface area contributed by atoms with Crippen LogP contribution in [0, 0.1) is 0 Å². The topological polar surface area (TPSA) is 3.24 Å². The third kappa shape index (κ3) is 11.4. The van der Waals surface area contributed by atoms with Crippen LogP contribution < -0.4 is 0 Å². The summed E-state index contributed by atoms with van der Waals surface area (Å²) in [5.41, 5.74) is 0. The van der Waals surface area contributed by atoms with E-state index >= 15 is 0 Å². The molecule has 6 heteroatoms. The first-order chi connectivity index (χ1) is 2.81. The van der Waals surface area contributed by atoms with Gasteiger partial charge in [0, 0.05) is 0 Å². The van der Waals surface area contributed by atoms with Crippen molar-refractivity contribution in [2.75, 3.05) is 0 Å². The van der Waals surface area contributed by atoms with Crippen LogP contribution >= 0.6 is 0 Å². The van der Waals surface area contributed by atoms with Gasteiger partial charge < -0.3 is 1.85 Å². The van der Waals surface area contributed by atoms with Crippen LogP contribution in [0.1, 0.15) is 0 Å². The first-order valence-corrected chi connectivity index (χ1v) is 6.53. The Morgan fingerprint density at radius 1 is 1.50 bits per heavy atom. The van der Waals surface area contributed by atoms with Crippen LogP contribution in [-0.4, -0.2) is 84.0 Å². The Labute approximate surface area is 94.3 Å². The van der Waals surface area contributed by atoms with Crippen LogP contribution in [0.5, 0.6) is 0 Å². The maximum absolute atomic E-state index is 2.50. The maximum Gasteiger partial charge on any atom is 0.298 e. The Balaban J connectivity index is -0.000000125. The second-order valence-corrected chi connectivity index (χ2v) is 7.02. The Bertz CT molecular complexity index is 29.6. The summed E-state index contributed by atoms with van der Waals surface area (Å²) in [6, 6.07) is 0. The van der Waals surface area contributed by atoms with Crippen molar-refractivity contribution in [3.8, 4) is 0 Å². The zero-order valence-electron chi connectivity index (χ0n) is 6.44. The van der Waals surface area contributed by atoms with E-state index in [0.29, 0.717) is 15.4 Å². The van der Waals surface area contributed by atoms with Crippen LogP contribution in [0.4, 0.5) is 0 Å². The van der Waals surface area contributed by atoms with E-state index in [4.69, 9.17) is 0 Å². The third-order valence-corrected chi connectivity index (χ3v) is 6.94. The smallest absolute Gasteiger partial charge is 0.298 e. The third-order valence-electron chi connectivity index (χ3n) is 0.771. The van der Waals surface area contributed by atoms with Crippen LogP contribution in [-0.2, 0) is 0 Å². The molecule has 0 fully saturated rings. The van der Waals surface area contributed by atoms with Gasteiger partial charge >= 0.3 is 0 Å². The molecular formula is C2H12Al5N. The zero-order chi connectivity index (χ0) is 4.99. The minimum atomic E-state index is 0. The first kappa shape index (κ1) is 16.9. The summed E-state index contributed by atoms with van der Waals surface area (Å²) in [7, 11) is 0. The Hall–Kier alpha value is 2.62. The molecule has 0 aromatic heterocycles. The summed E-state index contributed by atoms with van der Waals surface area (Å²) in [4.78, 5) is 0. The molecule has 0 amide bonds. The van der Waals surface area contributed by atoms with E-state index < -0.39 is 0 Å². The van der Waals surface area contributed by atoms with Gasteiger partial charge in [-0.05, 0) is 0 Å². The molecule has 0 aliphatic carbocycles. The SMILES string of the molecule is [AlH2].[AlH2].[CH3][Al][N]([AlH])[AlH][CH3]. The van der Waals surface area contributed by atoms with Crippen molar-refractivity contribution in [1.29, 1.82) is 0 Å². The van der Waals surface area contributed by atoms with E-state index in [1.54, 1.807) is 0 Å². The van der Waals surface area contributed by atoms with Gasteiger partial charge in [0.1, 0.15) is 34.7 Å². The average Bonchev–Trinajstić information content (AvgIpc) is 1.65. The molecule has 4 radical (unpaired) electrons. The lowest BCUT2D eigenvalue weighted by Crippen LogP contribution is -2.24. The van der Waals surface area contributed by atoms with E-state index in [2.05, 4.69) is 13.4 Å². The van der Waals surface area contributed by atoms with Gasteiger partial charge in [-0.3, -0.25) is 0 Å². The van der Waals surface area contributed by atoms with Gasteiger partial charge in [-0.15, -0.1) is 5.79 Å². The quantitative estimate of drug-likeness (QED) is 0.424. The molecule has 0 saturated heterocycles. The van der Waals surface area contributed by atoms with Gasteiger partial charge in [-0.2, -0.15) is 0 Å². The minimum Gasteiger partial charge on any atom is -0.579 e. The second-order valence-electron chi connectivity index (χ2n) is 1.16. The van der Waals surface area contributed by atoms with Gasteiger partial charge in [-0.25, -0.2) is 0 Å². The summed E-state index contributed by atoms with van der Waals surface area (Å²) in [5.74, 6) is 4.60. The average molecular weight is 185 g/mol. The van der Waals surface area contributed by atoms with Crippen LogP contribution in [0.3, 0.4) is 0 Å². The fourth-order valence-electron chi connectivity index (χ4n) is 0.183. The van der Waals surface area contributed by atoms with E-state index in [1.807, 2.05) is 16.5 Å². The minimum absolute atomic E-state index is 0. The highest BCUT2D eigenvalue weighted by molar-refractivity contribution is 6.58. The molecule has 1 nitrogen and oxygen atoms in total. The van der Waals surface area contributed by atoms with Gasteiger partial charge in [0.05, 0.1) is 0 Å². The molecule has 0 unspecified atom stereocenters. The molecule has 0 N–H and O–H groups in total. The highest BCUT2D eigenvalue weighted by Gasteiger charge is 1.88. The fraction of sp³-hybridized carbons (Fsp3) is 1.00. The van der Waals surface area contributed by atoms with Crippen LogP contribution in [0.2, 0.25) is 11.6 Å². The van der Waals surface area contributed by atoms with E-state index in [0.717, 1.165) is 0 Å². The van der Waals surface area contributed by atoms with Crippen molar-refractivity contribution >= 4 is 82.1 Å². The predicted octanol–water partition coefficient (Wildman–Crippen LogP) is -2.66. The van der Waals surface area contributed by atoms with Crippen molar-refractivity contribution in [3.63, 3.8) is 0 Å². The monoisotopic (exact) mass is 185 g/mol. The molecule has 0 atom stereocenters. The van der Waals surface area contributed by atoms with Crippen LogP contribution in [0.15, 0.2) is 0 Å². The number of hydrogen-bond acceptors (Lipinski definition) is 1. The van der Waals surface area contributed by atoms with Crippen LogP contribution in [0.25, 0.3) is 0 Å². The molecule has 40 valence electrons. The van der Waals surface area contributed by atoms with E-state index in [1.165, 1.54) is 0 Å². The standard InChI is InChI=1S/2CH3.5Al.N.6H/h2*1H3;;;;;;;;;;;;. The van der Waals surface area contributed by atoms with Gasteiger partial charge in [0.2, 0.25) is 16.5 Å². The summed E-state index contributed by atoms with van der Waals surface area (Å²) in [6.07, 6.45) is 0. The number of nitrogens with zero attached hydrogens (tertiary/aromatic N) is 1. The molecule has 0 rings (SSSR count). The van der Waals surface area contributed by atoms with Gasteiger partial charge in [0.15, 0.2) is 0 Å². The Morgan fingerprint density at radius 2 is 1.88 bits per heavy atom. The molecule has 0 spiro atoms. The summed E-state index contributed by atoms with van der Waals surface area (Å²) in [5, 5.41) is 0. The highest BCUT2D eigenvalue weighted by atomic mass is 27.3. The molecule has 0 aromatic rings. The molecule has 8 heavy (non-hydrogen) atoms. The lowest BCUT2D eigenvalue weighted by molar-refractivity contribution is 1.12. The van der Waals surface area contributed by atoms with Gasteiger partial charge in [0.25, 0.3) is 30.9 Å². The van der Waals surface area contributed by atoms with Crippen molar-refractivity contribution in [2.24, 2.45) is 0 Å². The molecular weight excluding hydrogens is 173 g/mol. The Kier molecular flexibility index (Phi) is 26.1. The molecule has 0 aromatic carbocycles. The second kappa shape index (κ2) is 12.3. The molecule has 0 aliphatic rings. The predicted molar refractivity (Wildman–Crippen MR) is 50.7 cm³/mol. The first-order valence-electron chi connectivity index (χ1n) is 2.18. The number of hydrogen-bond donors (Lipinski definition) is 0. The maximum atomic E-state index is 2.50. The van der Waals surface area contributed by atoms with Crippen molar-refractivity contribution < 1.29 is 0 Å². The Morgan fingerprint density at radius 3 is 1.88 bits per heavy atom. The molecule has 0 bridgehead atoms. The lowest BCUT2D eigenvalue weighted by atomic mass is 11.9. The van der Waals surface area contributed by atoms with E-state index in [-0.39, 0.29) is 50.2 Å². The normalized spacial score (nSPS) is 6.38. The van der Waals surface area contributed by atoms with Gasteiger partial charge in [-0.1, -0.05) is 5.79 Å².